The minimum Gasteiger partial charge on any atom is -0.870 e. The van der Waals surface area contributed by atoms with Gasteiger partial charge in [-0.25, -0.2) is 0 Å². The van der Waals surface area contributed by atoms with Crippen LogP contribution in [-0.4, -0.2) is 23.0 Å². The van der Waals surface area contributed by atoms with Crippen LogP contribution in [0.4, 0.5) is 0 Å². The van der Waals surface area contributed by atoms with Crippen molar-refractivity contribution in [1.82, 2.24) is 0 Å². The predicted molar refractivity (Wildman–Crippen MR) is 26.7 cm³/mol. The van der Waals surface area contributed by atoms with Gasteiger partial charge < -0.3 is 10.6 Å². The lowest BCUT2D eigenvalue weighted by Crippen LogP contribution is -1.25. The molecule has 4 heteroatoms. The van der Waals surface area contributed by atoms with Gasteiger partial charge in [0, 0.05) is 7.11 Å². The highest BCUT2D eigenvalue weighted by molar-refractivity contribution is 6.40. The van der Waals surface area contributed by atoms with Crippen molar-refractivity contribution in [3.63, 3.8) is 0 Å². The minimum absolute atomic E-state index is 0. The fourth-order valence-corrected chi connectivity index (χ4v) is 0. The summed E-state index contributed by atoms with van der Waals surface area (Å²) in [6, 6.07) is 0. The molecule has 0 spiro atoms. The largest absolute Gasteiger partial charge is 0.870 e. The van der Waals surface area contributed by atoms with E-state index in [1.54, 1.807) is 0 Å². The molecule has 0 radical (unpaired) electrons. The topological polar surface area (TPSA) is 50.2 Å². The van der Waals surface area contributed by atoms with Crippen LogP contribution in [-0.2, 0) is 0 Å². The molecule has 0 rings (SSSR count). The van der Waals surface area contributed by atoms with E-state index < -0.39 is 0 Å². The maximum absolute atomic E-state index is 7.00. The first-order chi connectivity index (χ1) is 2.41. The third-order valence-corrected chi connectivity index (χ3v) is 0. The van der Waals surface area contributed by atoms with Crippen LogP contribution in [0, 0.1) is 0 Å². The van der Waals surface area contributed by atoms with Gasteiger partial charge in [-0.3, -0.25) is 0 Å². The average molecular weight is 134 g/mol. The number of hydrogen-bond acceptors (Lipinski definition) is 2. The van der Waals surface area contributed by atoms with Crippen LogP contribution in [0.3, 0.4) is 0 Å². The van der Waals surface area contributed by atoms with Crippen molar-refractivity contribution in [2.24, 2.45) is 0 Å². The number of alkyl halides is 2. The molecule has 0 unspecified atom stereocenters. The Morgan fingerprint density at radius 2 is 1.33 bits per heavy atom. The molecule has 0 atom stereocenters. The van der Waals surface area contributed by atoms with E-state index in [-0.39, 0.29) is 10.8 Å². The number of halogens is 2. The minimum atomic E-state index is 0. The van der Waals surface area contributed by atoms with Gasteiger partial charge in [-0.1, -0.05) is 0 Å². The van der Waals surface area contributed by atoms with Gasteiger partial charge in [-0.2, -0.15) is 0 Å². The van der Waals surface area contributed by atoms with Crippen molar-refractivity contribution in [2.45, 2.75) is 0 Å². The first-order valence-corrected chi connectivity index (χ1v) is 2.05. The molecule has 0 aliphatic carbocycles. The fourth-order valence-electron chi connectivity index (χ4n) is 0. The maximum atomic E-state index is 7.00. The van der Waals surface area contributed by atoms with Gasteiger partial charge >= 0.3 is 0 Å². The maximum Gasteiger partial charge on any atom is 0.0967 e. The Hall–Kier alpha value is 0.500. The summed E-state index contributed by atoms with van der Waals surface area (Å²) < 4.78 is 0. The van der Waals surface area contributed by atoms with Gasteiger partial charge in [-0.05, 0) is 0 Å². The van der Waals surface area contributed by atoms with Crippen LogP contribution in [0.5, 0.6) is 0 Å². The summed E-state index contributed by atoms with van der Waals surface area (Å²) in [5, 5.41) is 7.19. The summed E-state index contributed by atoms with van der Waals surface area (Å²) in [7, 11) is 1.00. The van der Waals surface area contributed by atoms with Crippen molar-refractivity contribution in [3.8, 4) is 0 Å². The molecule has 0 bridgehead atoms. The Balaban J connectivity index is -0.0000000275. The average Bonchev–Trinajstić information content (AvgIpc) is 1.46. The van der Waals surface area contributed by atoms with E-state index in [1.165, 1.54) is 0 Å². The van der Waals surface area contributed by atoms with Gasteiger partial charge in [0.15, 0.2) is 0 Å². The van der Waals surface area contributed by atoms with E-state index in [4.69, 9.17) is 28.3 Å². The molecule has 0 aromatic heterocycles. The quantitative estimate of drug-likeness (QED) is 0.499. The Morgan fingerprint density at radius 1 is 1.33 bits per heavy atom. The molecule has 2 N–H and O–H groups in total. The van der Waals surface area contributed by atoms with Crippen molar-refractivity contribution in [3.05, 3.63) is 0 Å². The van der Waals surface area contributed by atoms with Gasteiger partial charge in [0.1, 0.15) is 0 Å². The zero-order valence-corrected chi connectivity index (χ0v) is 4.87. The van der Waals surface area contributed by atoms with Gasteiger partial charge in [-0.15, -0.1) is 23.2 Å². The molecule has 0 saturated carbocycles. The van der Waals surface area contributed by atoms with Gasteiger partial charge in [0.2, 0.25) is 0 Å². The highest BCUT2D eigenvalue weighted by Gasteiger charge is 1.41. The van der Waals surface area contributed by atoms with Gasteiger partial charge in [0.25, 0.3) is 0 Å². The van der Waals surface area contributed by atoms with Crippen LogP contribution in [0.2, 0.25) is 0 Å². The van der Waals surface area contributed by atoms with Crippen LogP contribution >= 0.6 is 23.2 Å². The number of hydrogen-bond donors (Lipinski definition) is 1. The van der Waals surface area contributed by atoms with E-state index in [0.29, 0.717) is 0 Å². The zero-order chi connectivity index (χ0) is 4.71. The second-order valence-corrected chi connectivity index (χ2v) is 0.909. The molecule has 0 fully saturated rings. The van der Waals surface area contributed by atoms with Crippen molar-refractivity contribution >= 4 is 23.2 Å². The smallest absolute Gasteiger partial charge is 0.0967 e. The van der Waals surface area contributed by atoms with Crippen LogP contribution in [0.15, 0.2) is 0 Å². The van der Waals surface area contributed by atoms with Crippen LogP contribution in [0.1, 0.15) is 0 Å². The molecule has 2 nitrogen and oxygen atoms in total. The second kappa shape index (κ2) is 49.5. The molecule has 6 heavy (non-hydrogen) atoms. The Morgan fingerprint density at radius 3 is 1.33 bits per heavy atom. The number of aliphatic hydroxyl groups is 1. The van der Waals surface area contributed by atoms with E-state index >= 15 is 0 Å². The molecule has 42 valence electrons. The summed E-state index contributed by atoms with van der Waals surface area (Å²) >= 11 is 9.53. The van der Waals surface area contributed by atoms with E-state index in [9.17, 15) is 0 Å². The third-order valence-electron chi connectivity index (χ3n) is 0. The first kappa shape index (κ1) is 16.1. The highest BCUT2D eigenvalue weighted by Crippen LogP contribution is 1.73. The van der Waals surface area contributed by atoms with Gasteiger partial charge in [0.05, 0.1) is 5.34 Å². The van der Waals surface area contributed by atoms with E-state index in [0.717, 1.165) is 7.11 Å². The normalized spacial score (nSPS) is 4.00. The molecule has 0 aliphatic heterocycles. The molecular formula is C2H7Cl2O2-. The molecule has 0 aromatic rings. The first-order valence-electron chi connectivity index (χ1n) is 0.982. The van der Waals surface area contributed by atoms with Crippen molar-refractivity contribution in [1.29, 1.82) is 0 Å². The standard InChI is InChI=1S/CH2Cl2.CH4O.H2O/c2-1-3;1-2;/h1H2;2H,1H3;1H2/p-1. The molecule has 0 aliphatic rings. The lowest BCUT2D eigenvalue weighted by molar-refractivity contribution is 0.399. The number of aliphatic hydroxyl groups excluding tert-OH is 1. The van der Waals surface area contributed by atoms with Crippen LogP contribution in [0.25, 0.3) is 0 Å². The predicted octanol–water partition coefficient (Wildman–Crippen LogP) is 0.853. The lowest BCUT2D eigenvalue weighted by Gasteiger charge is -1.42. The summed E-state index contributed by atoms with van der Waals surface area (Å²) in [6.07, 6.45) is 0. The lowest BCUT2D eigenvalue weighted by atomic mass is 11.8. The SMILES string of the molecule is CO.ClCCl.[OH-]. The Bertz CT molecular complexity index is 9.51. The summed E-state index contributed by atoms with van der Waals surface area (Å²) in [6.45, 7) is 0. The molecular weight excluding hydrogens is 127 g/mol. The van der Waals surface area contributed by atoms with Crippen molar-refractivity contribution in [2.75, 3.05) is 12.4 Å². The third kappa shape index (κ3) is 221. The number of rotatable bonds is 0. The molecule has 0 saturated heterocycles. The summed E-state index contributed by atoms with van der Waals surface area (Å²) in [5.41, 5.74) is 0. The fraction of sp³-hybridized carbons (Fsp3) is 1.00. The second-order valence-electron chi connectivity index (χ2n) is 0.101. The summed E-state index contributed by atoms with van der Waals surface area (Å²) in [4.78, 5) is 0. The highest BCUT2D eigenvalue weighted by atomic mass is 35.5. The zero-order valence-electron chi connectivity index (χ0n) is 3.36. The van der Waals surface area contributed by atoms with E-state index in [2.05, 4.69) is 0 Å². The Labute approximate surface area is 47.0 Å². The van der Waals surface area contributed by atoms with Crippen molar-refractivity contribution < 1.29 is 10.6 Å². The molecule has 0 amide bonds. The van der Waals surface area contributed by atoms with Crippen LogP contribution < -0.4 is 0 Å². The van der Waals surface area contributed by atoms with E-state index in [1.807, 2.05) is 0 Å². The monoisotopic (exact) mass is 133 g/mol. The molecule has 0 heterocycles. The summed E-state index contributed by atoms with van der Waals surface area (Å²) in [5.74, 6) is 0. The molecule has 0 aromatic carbocycles. The Kier molecular flexibility index (Phi) is 132.